The highest BCUT2D eigenvalue weighted by molar-refractivity contribution is 6.32. The molecule has 17 heavy (non-hydrogen) atoms. The monoisotopic (exact) mass is 275 g/mol. The summed E-state index contributed by atoms with van der Waals surface area (Å²) in [4.78, 5) is 0. The molecular formula is C13H19Cl2NO. The first-order chi connectivity index (χ1) is 7.66. The fourth-order valence-electron chi connectivity index (χ4n) is 2.14. The number of hydrogen-bond donors (Lipinski definition) is 1. The average Bonchev–Trinajstić information content (AvgIpc) is 2.25. The summed E-state index contributed by atoms with van der Waals surface area (Å²) >= 11 is 6.21. The lowest BCUT2D eigenvalue weighted by Crippen LogP contribution is -2.37. The predicted octanol–water partition coefficient (Wildman–Crippen LogP) is 3.51. The van der Waals surface area contributed by atoms with Crippen LogP contribution in [0.4, 0.5) is 0 Å². The molecule has 0 saturated carbocycles. The summed E-state index contributed by atoms with van der Waals surface area (Å²) in [6.07, 6.45) is 2.54. The van der Waals surface area contributed by atoms with Crippen LogP contribution in [-0.4, -0.2) is 19.2 Å². The average molecular weight is 276 g/mol. The summed E-state index contributed by atoms with van der Waals surface area (Å²) in [5.74, 6) is 0.848. The molecule has 1 aliphatic heterocycles. The van der Waals surface area contributed by atoms with Crippen molar-refractivity contribution in [2.45, 2.75) is 32.8 Å². The zero-order valence-corrected chi connectivity index (χ0v) is 11.8. The molecule has 96 valence electrons. The van der Waals surface area contributed by atoms with Crippen molar-refractivity contribution >= 4 is 24.0 Å². The third-order valence-electron chi connectivity index (χ3n) is 2.91. The van der Waals surface area contributed by atoms with E-state index in [0.29, 0.717) is 0 Å². The van der Waals surface area contributed by atoms with Crippen LogP contribution < -0.4 is 10.1 Å². The van der Waals surface area contributed by atoms with Gasteiger partial charge in [-0.05, 0) is 50.4 Å². The molecule has 4 heteroatoms. The number of hydrogen-bond acceptors (Lipinski definition) is 2. The molecule has 0 aliphatic carbocycles. The van der Waals surface area contributed by atoms with Crippen molar-refractivity contribution in [3.8, 4) is 5.75 Å². The topological polar surface area (TPSA) is 21.3 Å². The van der Waals surface area contributed by atoms with Gasteiger partial charge in [-0.2, -0.15) is 0 Å². The van der Waals surface area contributed by atoms with E-state index in [1.165, 1.54) is 12.0 Å². The first kappa shape index (κ1) is 14.6. The summed E-state index contributed by atoms with van der Waals surface area (Å²) in [5.41, 5.74) is 2.30. The van der Waals surface area contributed by atoms with Crippen LogP contribution in [0.5, 0.6) is 5.75 Å². The SMILES string of the molecule is Cc1cc(C)c(OC2CCCNC2)c(Cl)c1.Cl. The maximum absolute atomic E-state index is 6.21. The standard InChI is InChI=1S/C13H18ClNO.ClH/c1-9-6-10(2)13(12(14)7-9)16-11-4-3-5-15-8-11;/h6-7,11,15H,3-5,8H2,1-2H3;1H. The zero-order valence-electron chi connectivity index (χ0n) is 10.3. The molecule has 1 aromatic rings. The molecule has 1 unspecified atom stereocenters. The Morgan fingerprint density at radius 2 is 2.12 bits per heavy atom. The van der Waals surface area contributed by atoms with Gasteiger partial charge < -0.3 is 10.1 Å². The molecule has 1 atom stereocenters. The lowest BCUT2D eigenvalue weighted by molar-refractivity contribution is 0.166. The molecule has 0 aromatic heterocycles. The number of ether oxygens (including phenoxy) is 1. The number of halogens is 2. The van der Waals surface area contributed by atoms with E-state index in [-0.39, 0.29) is 18.5 Å². The number of piperidine rings is 1. The summed E-state index contributed by atoms with van der Waals surface area (Å²) in [5, 5.41) is 4.06. The molecule has 1 fully saturated rings. The third-order valence-corrected chi connectivity index (χ3v) is 3.19. The lowest BCUT2D eigenvalue weighted by Gasteiger charge is -2.25. The summed E-state index contributed by atoms with van der Waals surface area (Å²) in [7, 11) is 0. The highest BCUT2D eigenvalue weighted by Gasteiger charge is 2.17. The largest absolute Gasteiger partial charge is 0.487 e. The van der Waals surface area contributed by atoms with Gasteiger partial charge in [-0.25, -0.2) is 0 Å². The van der Waals surface area contributed by atoms with E-state index in [0.717, 1.165) is 35.8 Å². The Labute approximate surface area is 114 Å². The van der Waals surface area contributed by atoms with E-state index in [1.54, 1.807) is 0 Å². The second-order valence-electron chi connectivity index (χ2n) is 4.48. The number of aryl methyl sites for hydroxylation is 2. The Bertz CT molecular complexity index is 353. The van der Waals surface area contributed by atoms with Gasteiger partial charge in [-0.1, -0.05) is 17.7 Å². The molecule has 0 spiro atoms. The highest BCUT2D eigenvalue weighted by atomic mass is 35.5. The van der Waals surface area contributed by atoms with Crippen molar-refractivity contribution in [3.63, 3.8) is 0 Å². The first-order valence-corrected chi connectivity index (χ1v) is 6.19. The van der Waals surface area contributed by atoms with Crippen LogP contribution >= 0.6 is 24.0 Å². The van der Waals surface area contributed by atoms with Crippen molar-refractivity contribution < 1.29 is 4.74 Å². The quantitative estimate of drug-likeness (QED) is 0.892. The van der Waals surface area contributed by atoms with E-state index >= 15 is 0 Å². The highest BCUT2D eigenvalue weighted by Crippen LogP contribution is 2.31. The molecule has 2 nitrogen and oxygen atoms in total. The van der Waals surface area contributed by atoms with Crippen molar-refractivity contribution in [2.75, 3.05) is 13.1 Å². The second kappa shape index (κ2) is 6.48. The maximum atomic E-state index is 6.21. The summed E-state index contributed by atoms with van der Waals surface area (Å²) in [6.45, 7) is 6.11. The minimum absolute atomic E-state index is 0. The van der Waals surface area contributed by atoms with Crippen molar-refractivity contribution in [2.24, 2.45) is 0 Å². The Balaban J connectivity index is 0.00000144. The minimum atomic E-state index is 0. The number of nitrogens with one attached hydrogen (secondary N) is 1. The molecule has 1 heterocycles. The molecule has 1 saturated heterocycles. The summed E-state index contributed by atoms with van der Waals surface area (Å²) in [6, 6.07) is 4.07. The molecular weight excluding hydrogens is 257 g/mol. The van der Waals surface area contributed by atoms with Gasteiger partial charge >= 0.3 is 0 Å². The van der Waals surface area contributed by atoms with Crippen LogP contribution in [0.15, 0.2) is 12.1 Å². The molecule has 0 bridgehead atoms. The number of rotatable bonds is 2. The second-order valence-corrected chi connectivity index (χ2v) is 4.89. The van der Waals surface area contributed by atoms with Crippen LogP contribution in [-0.2, 0) is 0 Å². The van der Waals surface area contributed by atoms with Crippen molar-refractivity contribution in [1.82, 2.24) is 5.32 Å². The molecule has 1 N–H and O–H groups in total. The van der Waals surface area contributed by atoms with Gasteiger partial charge in [0.05, 0.1) is 5.02 Å². The van der Waals surface area contributed by atoms with Gasteiger partial charge in [0.25, 0.3) is 0 Å². The fourth-order valence-corrected chi connectivity index (χ4v) is 2.50. The van der Waals surface area contributed by atoms with Gasteiger partial charge in [0, 0.05) is 6.54 Å². The van der Waals surface area contributed by atoms with Gasteiger partial charge in [0.15, 0.2) is 0 Å². The maximum Gasteiger partial charge on any atom is 0.141 e. The lowest BCUT2D eigenvalue weighted by atomic mass is 10.1. The number of benzene rings is 1. The zero-order chi connectivity index (χ0) is 11.5. The van der Waals surface area contributed by atoms with Crippen LogP contribution in [0.2, 0.25) is 5.02 Å². The van der Waals surface area contributed by atoms with E-state index in [4.69, 9.17) is 16.3 Å². The minimum Gasteiger partial charge on any atom is -0.487 e. The van der Waals surface area contributed by atoms with E-state index < -0.39 is 0 Å². The van der Waals surface area contributed by atoms with Crippen LogP contribution in [0.25, 0.3) is 0 Å². The van der Waals surface area contributed by atoms with Crippen LogP contribution in [0.1, 0.15) is 24.0 Å². The molecule has 0 radical (unpaired) electrons. The van der Waals surface area contributed by atoms with Gasteiger partial charge in [-0.15, -0.1) is 12.4 Å². The fraction of sp³-hybridized carbons (Fsp3) is 0.538. The Morgan fingerprint density at radius 1 is 1.35 bits per heavy atom. The van der Waals surface area contributed by atoms with Gasteiger partial charge in [-0.3, -0.25) is 0 Å². The van der Waals surface area contributed by atoms with E-state index in [9.17, 15) is 0 Å². The Hall–Kier alpha value is -0.440. The molecule has 1 aromatic carbocycles. The Kier molecular flexibility index (Phi) is 5.57. The Morgan fingerprint density at radius 3 is 2.71 bits per heavy atom. The summed E-state index contributed by atoms with van der Waals surface area (Å²) < 4.78 is 5.98. The molecule has 1 aliphatic rings. The first-order valence-electron chi connectivity index (χ1n) is 5.81. The van der Waals surface area contributed by atoms with E-state index in [1.807, 2.05) is 19.9 Å². The smallest absolute Gasteiger partial charge is 0.141 e. The van der Waals surface area contributed by atoms with Crippen molar-refractivity contribution in [3.05, 3.63) is 28.3 Å². The molecule has 0 amide bonds. The van der Waals surface area contributed by atoms with E-state index in [2.05, 4.69) is 11.4 Å². The van der Waals surface area contributed by atoms with Gasteiger partial charge in [0.2, 0.25) is 0 Å². The predicted molar refractivity (Wildman–Crippen MR) is 74.7 cm³/mol. The third kappa shape index (κ3) is 3.77. The van der Waals surface area contributed by atoms with Gasteiger partial charge in [0.1, 0.15) is 11.9 Å². The molecule has 2 rings (SSSR count). The van der Waals surface area contributed by atoms with Crippen LogP contribution in [0, 0.1) is 13.8 Å². The van der Waals surface area contributed by atoms with Crippen LogP contribution in [0.3, 0.4) is 0 Å². The van der Waals surface area contributed by atoms with Crippen molar-refractivity contribution in [1.29, 1.82) is 0 Å². The normalized spacial score (nSPS) is 19.6.